The molecule has 1 N–H and O–H groups in total. The van der Waals surface area contributed by atoms with E-state index in [1.807, 2.05) is 91.9 Å². The van der Waals surface area contributed by atoms with Gasteiger partial charge in [0.1, 0.15) is 0 Å². The third kappa shape index (κ3) is 8.03. The predicted octanol–water partition coefficient (Wildman–Crippen LogP) is 12.1. The largest absolute Gasteiger partial charge is 0.536 e. The van der Waals surface area contributed by atoms with Gasteiger partial charge >= 0.3 is 156 Å². The molecule has 0 aromatic heterocycles. The number of nitro groups is 1. The molecule has 0 atom stereocenters. The smallest absolute Gasteiger partial charge is 0.252 e. The van der Waals surface area contributed by atoms with Crippen molar-refractivity contribution in [2.75, 3.05) is 22.9 Å². The molecule has 1 aliphatic rings. The molecule has 7 aromatic rings. The first-order valence-corrected chi connectivity index (χ1v) is 20.3. The van der Waals surface area contributed by atoms with Crippen molar-refractivity contribution >= 4 is 44.1 Å². The van der Waals surface area contributed by atoms with Crippen molar-refractivity contribution < 1.29 is 27.9 Å². The zero-order valence-corrected chi connectivity index (χ0v) is 35.7. The minimum Gasteiger partial charge on any atom is -0.536 e. The maximum absolute atomic E-state index is 11.9. The van der Waals surface area contributed by atoms with Gasteiger partial charge in [0, 0.05) is 17.8 Å². The number of anilines is 2. The van der Waals surface area contributed by atoms with Crippen molar-refractivity contribution in [2.45, 2.75) is 48.5 Å². The fourth-order valence-electron chi connectivity index (χ4n) is 8.38. The van der Waals surface area contributed by atoms with Gasteiger partial charge in [0.2, 0.25) is 0 Å². The number of fused-ring (bicyclic) bond motifs is 1. The molecule has 1 fully saturated rings. The molecule has 0 spiro atoms. The number of hydrogen-bond donors (Lipinski definition) is 1. The molecule has 58 heavy (non-hydrogen) atoms. The molecule has 0 amide bonds. The Balaban J connectivity index is 0.000000188. The number of aliphatic imine (C=N–C) groups is 1. The van der Waals surface area contributed by atoms with Crippen molar-refractivity contribution in [1.29, 1.82) is 0 Å². The molecule has 0 saturated carbocycles. The van der Waals surface area contributed by atoms with E-state index in [0.29, 0.717) is 11.3 Å². The summed E-state index contributed by atoms with van der Waals surface area (Å²) in [4.78, 5) is 20.9. The molecule has 7 aromatic carbocycles. The van der Waals surface area contributed by atoms with E-state index in [2.05, 4.69) is 98.5 Å². The summed E-state index contributed by atoms with van der Waals surface area (Å²) in [5, 5.41) is 24.8. The Morgan fingerprint density at radius 1 is 0.707 bits per heavy atom. The fraction of sp³-hybridized carbons (Fsp3) is 0.180. The van der Waals surface area contributed by atoms with E-state index in [0.717, 1.165) is 46.1 Å². The van der Waals surface area contributed by atoms with Gasteiger partial charge in [0.05, 0.1) is 16.4 Å². The van der Waals surface area contributed by atoms with E-state index < -0.39 is 4.92 Å². The summed E-state index contributed by atoms with van der Waals surface area (Å²) < 4.78 is 1.26. The monoisotopic (exact) mass is 853 g/mol. The van der Waals surface area contributed by atoms with Crippen LogP contribution in [0.3, 0.4) is 0 Å². The normalized spacial score (nSPS) is 12.7. The Hall–Kier alpha value is -6.11. The Labute approximate surface area is 350 Å². The molecular weight excluding hydrogens is 806 g/mol. The SMILES string of the molecule is Cc1cc(C)c(N2CCN(c3c(C)cc(C)cc3C)[C]2=[Ru+])c(C)c1.Cc1ccc(N=Cc2c([N+](=O)[O-])ccc(O)c2-[c-]2cc(-c3ccccc3)c3ccccc32)cc1. The molecule has 1 aliphatic heterocycles. The van der Waals surface area contributed by atoms with Gasteiger partial charge in [0.25, 0.3) is 5.69 Å². The maximum atomic E-state index is 11.9. The third-order valence-corrected chi connectivity index (χ3v) is 11.7. The first-order valence-electron chi connectivity index (χ1n) is 19.4. The standard InChI is InChI=1S/C29H21N2O3.C21H26N2.Ru/c1-19-11-13-21(14-12-19)30-18-26-27(31(33)34)15-16-28(32)29(26)25-17-24(20-7-3-2-4-8-20)22-9-5-6-10-23(22)25;1-14-9-16(3)20(17(4)10-14)22-7-8-23(13-22)21-18(5)11-15(2)12-19(21)6;/h2-18,32H,1H3;9-12H,7-8H2,1-6H3;/q-1;;+1. The van der Waals surface area contributed by atoms with Gasteiger partial charge < -0.3 is 5.11 Å². The maximum Gasteiger partial charge on any atom is 0.252 e. The number of phenols is 1. The molecule has 8 heteroatoms. The summed E-state index contributed by atoms with van der Waals surface area (Å²) in [6, 6.07) is 39.2. The molecule has 293 valence electrons. The number of rotatable bonds is 7. The van der Waals surface area contributed by atoms with E-state index in [4.69, 9.17) is 0 Å². The molecular formula is C50H47N4O3Ru. The molecule has 7 nitrogen and oxygen atoms in total. The number of phenolic OH excluding ortho intramolecular Hbond substituents is 1. The molecule has 1 heterocycles. The van der Waals surface area contributed by atoms with Crippen LogP contribution in [0.15, 0.2) is 126 Å². The van der Waals surface area contributed by atoms with Crippen LogP contribution in [0, 0.1) is 58.6 Å². The molecule has 0 aliphatic carbocycles. The summed E-state index contributed by atoms with van der Waals surface area (Å²) >= 11 is 2.86. The Morgan fingerprint density at radius 3 is 1.79 bits per heavy atom. The number of benzene rings is 6. The van der Waals surface area contributed by atoms with E-state index in [9.17, 15) is 15.2 Å². The van der Waals surface area contributed by atoms with Gasteiger partial charge in [-0.3, -0.25) is 15.1 Å². The van der Waals surface area contributed by atoms with E-state index in [-0.39, 0.29) is 17.0 Å². The van der Waals surface area contributed by atoms with Crippen LogP contribution in [-0.4, -0.2) is 33.7 Å². The van der Waals surface area contributed by atoms with Crippen molar-refractivity contribution in [3.63, 3.8) is 0 Å². The minimum absolute atomic E-state index is 0.0358. The van der Waals surface area contributed by atoms with Gasteiger partial charge in [-0.15, -0.1) is 12.1 Å². The molecule has 8 rings (SSSR count). The van der Waals surface area contributed by atoms with Crippen molar-refractivity contribution in [1.82, 2.24) is 0 Å². The van der Waals surface area contributed by atoms with Crippen LogP contribution < -0.4 is 9.80 Å². The third-order valence-electron chi connectivity index (χ3n) is 10.7. The molecule has 0 bridgehead atoms. The van der Waals surface area contributed by atoms with Gasteiger partial charge in [-0.05, 0) is 30.7 Å². The first kappa shape index (κ1) is 40.1. The van der Waals surface area contributed by atoms with Crippen LogP contribution >= 0.6 is 0 Å². The van der Waals surface area contributed by atoms with E-state index in [1.54, 1.807) is 0 Å². The number of hydrogen-bond acceptors (Lipinski definition) is 6. The summed E-state index contributed by atoms with van der Waals surface area (Å²) in [5.41, 5.74) is 15.9. The van der Waals surface area contributed by atoms with E-state index >= 15 is 0 Å². The van der Waals surface area contributed by atoms with Crippen LogP contribution in [0.2, 0.25) is 0 Å². The van der Waals surface area contributed by atoms with Gasteiger partial charge in [-0.25, -0.2) is 0 Å². The summed E-state index contributed by atoms with van der Waals surface area (Å²) in [6.45, 7) is 17.3. The number of nitrogens with zero attached hydrogens (tertiary/aromatic N) is 4. The quantitative estimate of drug-likeness (QED) is 0.0568. The molecule has 0 radical (unpaired) electrons. The first-order chi connectivity index (χ1) is 27.8. The van der Waals surface area contributed by atoms with Crippen LogP contribution in [0.4, 0.5) is 22.7 Å². The number of aromatic hydroxyl groups is 1. The van der Waals surface area contributed by atoms with Gasteiger partial charge in [-0.1, -0.05) is 93.7 Å². The Morgan fingerprint density at radius 2 is 1.24 bits per heavy atom. The second-order valence-electron chi connectivity index (χ2n) is 15.2. The van der Waals surface area contributed by atoms with Crippen LogP contribution in [0.5, 0.6) is 5.75 Å². The van der Waals surface area contributed by atoms with Crippen LogP contribution in [-0.2, 0) is 17.9 Å². The Kier molecular flexibility index (Phi) is 11.6. The Bertz CT molecular complexity index is 2600. The second kappa shape index (κ2) is 16.8. The molecule has 0 unspecified atom stereocenters. The molecule has 1 saturated heterocycles. The summed E-state index contributed by atoms with van der Waals surface area (Å²) in [7, 11) is 0. The van der Waals surface area contributed by atoms with Crippen molar-refractivity contribution in [3.05, 3.63) is 176 Å². The number of aryl methyl sites for hydroxylation is 7. The minimum atomic E-state index is -0.442. The summed E-state index contributed by atoms with van der Waals surface area (Å²) in [5.74, 6) is -0.0358. The van der Waals surface area contributed by atoms with Crippen LogP contribution in [0.25, 0.3) is 33.0 Å². The predicted molar refractivity (Wildman–Crippen MR) is 238 cm³/mol. The van der Waals surface area contributed by atoms with Crippen molar-refractivity contribution in [3.8, 4) is 28.0 Å². The average molecular weight is 853 g/mol. The van der Waals surface area contributed by atoms with E-state index in [1.165, 1.54) is 67.5 Å². The number of nitro benzene ring substituents is 1. The topological polar surface area (TPSA) is 82.2 Å². The zero-order valence-electron chi connectivity index (χ0n) is 33.9. The average Bonchev–Trinajstić information content (AvgIpc) is 3.74. The van der Waals surface area contributed by atoms with Gasteiger partial charge in [0.15, 0.2) is 0 Å². The van der Waals surface area contributed by atoms with Crippen LogP contribution in [0.1, 0.15) is 44.5 Å². The fourth-order valence-corrected chi connectivity index (χ4v) is 9.16. The summed E-state index contributed by atoms with van der Waals surface area (Å²) in [6.07, 6.45) is 1.47. The van der Waals surface area contributed by atoms with Crippen molar-refractivity contribution in [2.24, 2.45) is 4.99 Å². The van der Waals surface area contributed by atoms with Gasteiger partial charge in [-0.2, -0.15) is 0 Å². The zero-order chi connectivity index (χ0) is 41.2. The second-order valence-corrected chi connectivity index (χ2v) is 16.0.